The van der Waals surface area contributed by atoms with Gasteiger partial charge in [0.1, 0.15) is 18.2 Å². The minimum absolute atomic E-state index is 0.0799. The highest BCUT2D eigenvalue weighted by Crippen LogP contribution is 2.40. The molecule has 0 bridgehead atoms. The Kier molecular flexibility index (Phi) is 4.66. The predicted octanol–water partition coefficient (Wildman–Crippen LogP) is 4.90. The van der Waals surface area contributed by atoms with Crippen molar-refractivity contribution < 1.29 is 22.7 Å². The van der Waals surface area contributed by atoms with E-state index in [0.29, 0.717) is 22.5 Å². The number of nitrogens with zero attached hydrogens (tertiary/aromatic N) is 3. The first kappa shape index (κ1) is 21.0. The van der Waals surface area contributed by atoms with Gasteiger partial charge in [-0.2, -0.15) is 13.2 Å². The molecular weight excluding hydrogens is 433 g/mol. The Balaban J connectivity index is 1.52. The molecule has 2 aromatic carbocycles. The lowest BCUT2D eigenvalue weighted by atomic mass is 10.0. The molecule has 1 aliphatic rings. The van der Waals surface area contributed by atoms with Crippen LogP contribution in [0.15, 0.2) is 48.7 Å². The van der Waals surface area contributed by atoms with Gasteiger partial charge in [-0.05, 0) is 43.3 Å². The van der Waals surface area contributed by atoms with Crippen LogP contribution in [-0.2, 0) is 6.18 Å². The number of benzene rings is 2. The lowest BCUT2D eigenvalue weighted by Gasteiger charge is -2.24. The number of carbonyl (C=O) groups is 1. The van der Waals surface area contributed by atoms with E-state index in [1.165, 1.54) is 11.0 Å². The third-order valence-corrected chi connectivity index (χ3v) is 6.05. The normalized spacial score (nSPS) is 15.5. The summed E-state index contributed by atoms with van der Waals surface area (Å²) in [5, 5.41) is 2.33. The summed E-state index contributed by atoms with van der Waals surface area (Å²) in [6.45, 7) is 1.94. The Bertz CT molecular complexity index is 1440. The van der Waals surface area contributed by atoms with Crippen LogP contribution >= 0.6 is 0 Å². The Morgan fingerprint density at radius 1 is 1.15 bits per heavy atom. The van der Waals surface area contributed by atoms with Crippen molar-refractivity contribution >= 4 is 33.4 Å². The first-order chi connectivity index (χ1) is 15.6. The number of pyridine rings is 2. The van der Waals surface area contributed by atoms with Gasteiger partial charge >= 0.3 is 6.18 Å². The summed E-state index contributed by atoms with van der Waals surface area (Å²) in [6.07, 6.45) is -2.80. The van der Waals surface area contributed by atoms with E-state index in [9.17, 15) is 18.0 Å². The highest BCUT2D eigenvalue weighted by molar-refractivity contribution is 6.12. The third-order valence-electron chi connectivity index (χ3n) is 6.05. The summed E-state index contributed by atoms with van der Waals surface area (Å²) in [4.78, 5) is 23.6. The molecule has 2 N–H and O–H groups in total. The van der Waals surface area contributed by atoms with Gasteiger partial charge in [0.15, 0.2) is 0 Å². The summed E-state index contributed by atoms with van der Waals surface area (Å²) in [7, 11) is 1.61. The molecule has 1 aliphatic heterocycles. The molecule has 9 heteroatoms. The molecule has 0 saturated carbocycles. The third kappa shape index (κ3) is 3.40. The average molecular weight is 452 g/mol. The monoisotopic (exact) mass is 452 g/mol. The van der Waals surface area contributed by atoms with Gasteiger partial charge < -0.3 is 15.4 Å². The number of aryl methyl sites for hydroxylation is 1. The Morgan fingerprint density at radius 3 is 2.70 bits per heavy atom. The van der Waals surface area contributed by atoms with Gasteiger partial charge in [-0.25, -0.2) is 4.98 Å². The fourth-order valence-electron chi connectivity index (χ4n) is 4.31. The number of alkyl halides is 3. The van der Waals surface area contributed by atoms with E-state index in [1.54, 1.807) is 37.5 Å². The molecule has 0 saturated heterocycles. The number of hydrogen-bond acceptors (Lipinski definition) is 5. The molecule has 6 nitrogen and oxygen atoms in total. The smallest absolute Gasteiger partial charge is 0.416 e. The standard InChI is InChI=1S/C24H19F3N4O2/c1-12-21-16(7-8-29-12)22(28)30-18-6-3-13(9-17(18)21)23(32)31(2)19-11-33-20-10-14(24(25,26)27)4-5-15(19)20/h3-10,19H,11H2,1-2H3,(H2,28,30)/t19-/m1/s1. The summed E-state index contributed by atoms with van der Waals surface area (Å²) in [5.41, 5.74) is 7.69. The van der Waals surface area contributed by atoms with E-state index < -0.39 is 17.8 Å². The van der Waals surface area contributed by atoms with E-state index in [0.717, 1.165) is 34.0 Å². The fourth-order valence-corrected chi connectivity index (χ4v) is 4.31. The Morgan fingerprint density at radius 2 is 1.94 bits per heavy atom. The molecule has 0 radical (unpaired) electrons. The molecule has 33 heavy (non-hydrogen) atoms. The van der Waals surface area contributed by atoms with E-state index >= 15 is 0 Å². The van der Waals surface area contributed by atoms with Gasteiger partial charge in [0.05, 0.1) is 17.1 Å². The number of nitrogens with two attached hydrogens (primary N) is 1. The van der Waals surface area contributed by atoms with Gasteiger partial charge in [0.25, 0.3) is 5.91 Å². The summed E-state index contributed by atoms with van der Waals surface area (Å²) in [5.74, 6) is 0.238. The van der Waals surface area contributed by atoms with Crippen molar-refractivity contribution in [2.45, 2.75) is 19.1 Å². The molecule has 0 unspecified atom stereocenters. The number of aromatic nitrogens is 2. The van der Waals surface area contributed by atoms with E-state index in [1.807, 2.05) is 6.92 Å². The molecule has 1 amide bonds. The van der Waals surface area contributed by atoms with E-state index in [-0.39, 0.29) is 18.3 Å². The maximum atomic E-state index is 13.3. The molecule has 3 heterocycles. The molecule has 2 aromatic heterocycles. The van der Waals surface area contributed by atoms with Crippen molar-refractivity contribution in [3.05, 3.63) is 71.0 Å². The van der Waals surface area contributed by atoms with Crippen LogP contribution in [0.25, 0.3) is 21.7 Å². The lowest BCUT2D eigenvalue weighted by Crippen LogP contribution is -2.32. The zero-order valence-corrected chi connectivity index (χ0v) is 17.8. The summed E-state index contributed by atoms with van der Waals surface area (Å²) >= 11 is 0. The molecule has 0 spiro atoms. The minimum atomic E-state index is -4.46. The molecule has 5 rings (SSSR count). The van der Waals surface area contributed by atoms with Crippen LogP contribution in [0.2, 0.25) is 0 Å². The zero-order chi connectivity index (χ0) is 23.5. The molecule has 0 aliphatic carbocycles. The largest absolute Gasteiger partial charge is 0.491 e. The van der Waals surface area contributed by atoms with Gasteiger partial charge in [0.2, 0.25) is 0 Å². The number of anilines is 1. The van der Waals surface area contributed by atoms with Gasteiger partial charge in [0, 0.05) is 46.2 Å². The molecule has 0 fully saturated rings. The second kappa shape index (κ2) is 7.33. The number of amides is 1. The maximum Gasteiger partial charge on any atom is 0.416 e. The molecule has 1 atom stereocenters. The predicted molar refractivity (Wildman–Crippen MR) is 118 cm³/mol. The van der Waals surface area contributed by atoms with Crippen LogP contribution in [0.5, 0.6) is 5.75 Å². The van der Waals surface area contributed by atoms with Crippen LogP contribution in [0.3, 0.4) is 0 Å². The minimum Gasteiger partial charge on any atom is -0.491 e. The van der Waals surface area contributed by atoms with Crippen molar-refractivity contribution in [1.29, 1.82) is 0 Å². The number of carbonyl (C=O) groups excluding carboxylic acids is 1. The number of hydrogen-bond donors (Lipinski definition) is 1. The zero-order valence-electron chi connectivity index (χ0n) is 17.8. The Hall–Kier alpha value is -3.88. The number of fused-ring (bicyclic) bond motifs is 4. The van der Waals surface area contributed by atoms with Crippen molar-refractivity contribution in [1.82, 2.24) is 14.9 Å². The van der Waals surface area contributed by atoms with E-state index in [2.05, 4.69) is 9.97 Å². The number of ether oxygens (including phenoxy) is 1. The van der Waals surface area contributed by atoms with Crippen molar-refractivity contribution in [2.75, 3.05) is 19.4 Å². The maximum absolute atomic E-state index is 13.3. The second-order valence-electron chi connectivity index (χ2n) is 8.04. The highest BCUT2D eigenvalue weighted by atomic mass is 19.4. The number of halogens is 3. The van der Waals surface area contributed by atoms with Gasteiger partial charge in [-0.1, -0.05) is 6.07 Å². The van der Waals surface area contributed by atoms with Gasteiger partial charge in [-0.15, -0.1) is 0 Å². The summed E-state index contributed by atoms with van der Waals surface area (Å²) < 4.78 is 44.5. The van der Waals surface area contributed by atoms with Crippen LogP contribution in [0, 0.1) is 6.92 Å². The topological polar surface area (TPSA) is 81.3 Å². The molecule has 168 valence electrons. The highest BCUT2D eigenvalue weighted by Gasteiger charge is 2.36. The quantitative estimate of drug-likeness (QED) is 0.438. The number of likely N-dealkylation sites (N-methyl/N-ethyl adjacent to an activating group) is 1. The van der Waals surface area contributed by atoms with Crippen molar-refractivity contribution in [2.24, 2.45) is 0 Å². The van der Waals surface area contributed by atoms with Crippen LogP contribution in [-0.4, -0.2) is 34.4 Å². The van der Waals surface area contributed by atoms with Crippen LogP contribution < -0.4 is 10.5 Å². The first-order valence-corrected chi connectivity index (χ1v) is 10.2. The van der Waals surface area contributed by atoms with Crippen LogP contribution in [0.4, 0.5) is 19.0 Å². The van der Waals surface area contributed by atoms with Crippen molar-refractivity contribution in [3.63, 3.8) is 0 Å². The second-order valence-corrected chi connectivity index (χ2v) is 8.04. The SMILES string of the molecule is Cc1nccc2c(N)nc3ccc(C(=O)N(C)[C@@H]4COc5cc(C(F)(F)F)ccc54)cc3c12. The van der Waals surface area contributed by atoms with Gasteiger partial charge in [-0.3, -0.25) is 9.78 Å². The number of nitrogen functional groups attached to an aromatic ring is 1. The first-order valence-electron chi connectivity index (χ1n) is 10.2. The van der Waals surface area contributed by atoms with Crippen molar-refractivity contribution in [3.8, 4) is 5.75 Å². The number of rotatable bonds is 2. The fraction of sp³-hybridized carbons (Fsp3) is 0.208. The Labute approximate surface area is 186 Å². The molecule has 4 aromatic rings. The molecular formula is C24H19F3N4O2. The van der Waals surface area contributed by atoms with E-state index in [4.69, 9.17) is 10.5 Å². The van der Waals surface area contributed by atoms with Crippen LogP contribution in [0.1, 0.15) is 33.2 Å². The average Bonchev–Trinajstić information content (AvgIpc) is 3.21. The summed E-state index contributed by atoms with van der Waals surface area (Å²) in [6, 6.07) is 9.77. The lowest BCUT2D eigenvalue weighted by molar-refractivity contribution is -0.137.